The van der Waals surface area contributed by atoms with Gasteiger partial charge in [-0.2, -0.15) is 0 Å². The first kappa shape index (κ1) is 12.0. The lowest BCUT2D eigenvalue weighted by Crippen LogP contribution is -2.10. The Kier molecular flexibility index (Phi) is 4.15. The van der Waals surface area contributed by atoms with Crippen molar-refractivity contribution in [1.29, 1.82) is 0 Å². The summed E-state index contributed by atoms with van der Waals surface area (Å²) in [4.78, 5) is 11.3. The highest BCUT2D eigenvalue weighted by atomic mass is 79.9. The number of aryl methyl sites for hydroxylation is 1. The zero-order valence-corrected chi connectivity index (χ0v) is 10.4. The fourth-order valence-electron chi connectivity index (χ4n) is 1.40. The summed E-state index contributed by atoms with van der Waals surface area (Å²) >= 11 is 3.35. The highest BCUT2D eigenvalue weighted by Gasteiger charge is 2.10. The molecule has 1 aromatic rings. The van der Waals surface area contributed by atoms with Crippen molar-refractivity contribution < 1.29 is 9.53 Å². The van der Waals surface area contributed by atoms with E-state index in [-0.39, 0.29) is 12.4 Å². The van der Waals surface area contributed by atoms with Gasteiger partial charge in [0.1, 0.15) is 0 Å². The van der Waals surface area contributed by atoms with Gasteiger partial charge in [0.25, 0.3) is 0 Å². The predicted octanol–water partition coefficient (Wildman–Crippen LogP) is 2.45. The Morgan fingerprint density at radius 2 is 2.20 bits per heavy atom. The number of nitrogen functional groups attached to an aromatic ring is 1. The van der Waals surface area contributed by atoms with Crippen LogP contribution in [0.1, 0.15) is 18.1 Å². The van der Waals surface area contributed by atoms with E-state index in [0.717, 1.165) is 15.6 Å². The predicted molar refractivity (Wildman–Crippen MR) is 63.6 cm³/mol. The summed E-state index contributed by atoms with van der Waals surface area (Å²) in [5.41, 5.74) is 8.29. The summed E-state index contributed by atoms with van der Waals surface area (Å²) in [6.07, 6.45) is 0.235. The second-order valence-corrected chi connectivity index (χ2v) is 4.19. The summed E-state index contributed by atoms with van der Waals surface area (Å²) in [6.45, 7) is 4.11. The summed E-state index contributed by atoms with van der Waals surface area (Å²) < 4.78 is 5.80. The molecule has 0 aliphatic heterocycles. The molecule has 4 heteroatoms. The Morgan fingerprint density at radius 1 is 1.53 bits per heavy atom. The molecule has 0 radical (unpaired) electrons. The minimum absolute atomic E-state index is 0.235. The fourth-order valence-corrected chi connectivity index (χ4v) is 1.99. The van der Waals surface area contributed by atoms with Crippen molar-refractivity contribution in [2.75, 3.05) is 12.3 Å². The van der Waals surface area contributed by atoms with Gasteiger partial charge in [-0.3, -0.25) is 4.79 Å². The molecule has 0 fully saturated rings. The summed E-state index contributed by atoms with van der Waals surface area (Å²) in [7, 11) is 0. The van der Waals surface area contributed by atoms with E-state index in [2.05, 4.69) is 15.9 Å². The lowest BCUT2D eigenvalue weighted by Gasteiger charge is -2.09. The van der Waals surface area contributed by atoms with Crippen molar-refractivity contribution in [2.24, 2.45) is 0 Å². The van der Waals surface area contributed by atoms with Crippen molar-refractivity contribution in [3.8, 4) is 0 Å². The van der Waals surface area contributed by atoms with Crippen LogP contribution in [0.2, 0.25) is 0 Å². The average molecular weight is 272 g/mol. The summed E-state index contributed by atoms with van der Waals surface area (Å²) in [5.74, 6) is -0.241. The molecule has 0 aliphatic rings. The highest BCUT2D eigenvalue weighted by molar-refractivity contribution is 9.10. The molecule has 0 unspecified atom stereocenters. The van der Waals surface area contributed by atoms with Crippen LogP contribution in [-0.2, 0) is 16.0 Å². The number of esters is 1. The second-order valence-electron chi connectivity index (χ2n) is 3.27. The number of ether oxygens (including phenoxy) is 1. The van der Waals surface area contributed by atoms with Crippen molar-refractivity contribution >= 4 is 27.6 Å². The Bertz CT molecular complexity index is 354. The number of hydrogen-bond acceptors (Lipinski definition) is 3. The largest absolute Gasteiger partial charge is 0.466 e. The van der Waals surface area contributed by atoms with Crippen LogP contribution in [0.4, 0.5) is 5.69 Å². The van der Waals surface area contributed by atoms with Crippen molar-refractivity contribution in [2.45, 2.75) is 20.3 Å². The first-order valence-corrected chi connectivity index (χ1v) is 5.54. The molecule has 0 bridgehead atoms. The van der Waals surface area contributed by atoms with Gasteiger partial charge in [-0.15, -0.1) is 0 Å². The first-order chi connectivity index (χ1) is 7.04. The van der Waals surface area contributed by atoms with E-state index in [1.807, 2.05) is 13.0 Å². The summed E-state index contributed by atoms with van der Waals surface area (Å²) in [5, 5.41) is 0. The number of halogens is 1. The van der Waals surface area contributed by atoms with Gasteiger partial charge in [0, 0.05) is 10.2 Å². The van der Waals surface area contributed by atoms with Gasteiger partial charge in [0.15, 0.2) is 0 Å². The molecule has 0 spiro atoms. The van der Waals surface area contributed by atoms with Crippen molar-refractivity contribution in [3.05, 3.63) is 27.7 Å². The molecule has 3 nitrogen and oxygen atoms in total. The van der Waals surface area contributed by atoms with Crippen LogP contribution in [0, 0.1) is 6.92 Å². The Morgan fingerprint density at radius 3 is 2.73 bits per heavy atom. The van der Waals surface area contributed by atoms with Gasteiger partial charge < -0.3 is 10.5 Å². The molecule has 0 amide bonds. The quantitative estimate of drug-likeness (QED) is 0.679. The zero-order chi connectivity index (χ0) is 11.4. The molecule has 0 atom stereocenters. The minimum Gasteiger partial charge on any atom is -0.466 e. The van der Waals surface area contributed by atoms with E-state index in [0.29, 0.717) is 12.3 Å². The third kappa shape index (κ3) is 3.23. The maximum atomic E-state index is 11.3. The van der Waals surface area contributed by atoms with E-state index in [1.165, 1.54) is 0 Å². The molecule has 0 saturated carbocycles. The molecule has 0 aliphatic carbocycles. The van der Waals surface area contributed by atoms with Crippen molar-refractivity contribution in [1.82, 2.24) is 0 Å². The molecule has 1 rings (SSSR count). The van der Waals surface area contributed by atoms with Crippen LogP contribution in [0.15, 0.2) is 16.6 Å². The fraction of sp³-hybridized carbons (Fsp3) is 0.364. The molecule has 82 valence electrons. The molecular weight excluding hydrogens is 258 g/mol. The topological polar surface area (TPSA) is 52.3 Å². The second kappa shape index (κ2) is 5.16. The number of rotatable bonds is 3. The molecule has 0 aromatic heterocycles. The molecule has 15 heavy (non-hydrogen) atoms. The first-order valence-electron chi connectivity index (χ1n) is 4.74. The molecular formula is C11H14BrNO2. The molecule has 1 aromatic carbocycles. The number of nitrogens with two attached hydrogens (primary N) is 1. The van der Waals surface area contributed by atoms with E-state index < -0.39 is 0 Å². The van der Waals surface area contributed by atoms with Crippen LogP contribution in [0.25, 0.3) is 0 Å². The Hall–Kier alpha value is -1.03. The van der Waals surface area contributed by atoms with E-state index in [9.17, 15) is 4.79 Å². The lowest BCUT2D eigenvalue weighted by molar-refractivity contribution is -0.142. The number of anilines is 1. The van der Waals surface area contributed by atoms with Crippen LogP contribution in [-0.4, -0.2) is 12.6 Å². The Balaban J connectivity index is 2.90. The maximum Gasteiger partial charge on any atom is 0.310 e. The van der Waals surface area contributed by atoms with Crippen LogP contribution >= 0.6 is 15.9 Å². The summed E-state index contributed by atoms with van der Waals surface area (Å²) in [6, 6.07) is 3.73. The monoisotopic (exact) mass is 271 g/mol. The standard InChI is InChI=1S/C11H14BrNO2/c1-3-15-11(14)6-9-7(2)4-8(12)5-10(9)13/h4-5H,3,6,13H2,1-2H3. The number of carbonyl (C=O) groups excluding carboxylic acids is 1. The van der Waals surface area contributed by atoms with E-state index in [1.54, 1.807) is 13.0 Å². The van der Waals surface area contributed by atoms with Gasteiger partial charge in [-0.25, -0.2) is 0 Å². The number of benzene rings is 1. The van der Waals surface area contributed by atoms with Crippen LogP contribution < -0.4 is 5.73 Å². The molecule has 0 heterocycles. The number of hydrogen-bond donors (Lipinski definition) is 1. The average Bonchev–Trinajstić information content (AvgIpc) is 2.11. The van der Waals surface area contributed by atoms with Gasteiger partial charge in [0.2, 0.25) is 0 Å². The van der Waals surface area contributed by atoms with Gasteiger partial charge in [-0.1, -0.05) is 15.9 Å². The normalized spacial score (nSPS) is 10.1. The maximum absolute atomic E-state index is 11.3. The van der Waals surface area contributed by atoms with Gasteiger partial charge >= 0.3 is 5.97 Å². The highest BCUT2D eigenvalue weighted by Crippen LogP contribution is 2.23. The van der Waals surface area contributed by atoms with Gasteiger partial charge in [-0.05, 0) is 37.1 Å². The lowest BCUT2D eigenvalue weighted by atomic mass is 10.0. The van der Waals surface area contributed by atoms with Crippen LogP contribution in [0.5, 0.6) is 0 Å². The van der Waals surface area contributed by atoms with Gasteiger partial charge in [0.05, 0.1) is 13.0 Å². The third-order valence-electron chi connectivity index (χ3n) is 2.10. The number of carbonyl (C=O) groups is 1. The molecule has 0 saturated heterocycles. The van der Waals surface area contributed by atoms with E-state index >= 15 is 0 Å². The van der Waals surface area contributed by atoms with Crippen molar-refractivity contribution in [3.63, 3.8) is 0 Å². The third-order valence-corrected chi connectivity index (χ3v) is 2.56. The zero-order valence-electron chi connectivity index (χ0n) is 8.84. The minimum atomic E-state index is -0.241. The Labute approximate surface area is 97.7 Å². The van der Waals surface area contributed by atoms with Crippen LogP contribution in [0.3, 0.4) is 0 Å². The smallest absolute Gasteiger partial charge is 0.310 e. The molecule has 2 N–H and O–H groups in total. The SMILES string of the molecule is CCOC(=O)Cc1c(C)cc(Br)cc1N. The van der Waals surface area contributed by atoms with E-state index in [4.69, 9.17) is 10.5 Å².